The first-order valence-corrected chi connectivity index (χ1v) is 12.9. The van der Waals surface area contributed by atoms with Crippen LogP contribution >= 0.6 is 11.3 Å². The first-order valence-electron chi connectivity index (χ1n) is 12.1. The van der Waals surface area contributed by atoms with Gasteiger partial charge in [-0.15, -0.1) is 11.3 Å². The van der Waals surface area contributed by atoms with Crippen molar-refractivity contribution in [3.8, 4) is 6.07 Å². The van der Waals surface area contributed by atoms with E-state index in [0.717, 1.165) is 10.4 Å². The van der Waals surface area contributed by atoms with Gasteiger partial charge in [-0.1, -0.05) is 30.3 Å². The van der Waals surface area contributed by atoms with Crippen LogP contribution in [0.2, 0.25) is 0 Å². The molecular weight excluding hydrogens is 500 g/mol. The highest BCUT2D eigenvalue weighted by Crippen LogP contribution is 2.53. The molecule has 4 aromatic rings. The summed E-state index contributed by atoms with van der Waals surface area (Å²) < 4.78 is 5.71. The average Bonchev–Trinajstić information content (AvgIpc) is 3.64. The van der Waals surface area contributed by atoms with Gasteiger partial charge in [0.1, 0.15) is 11.8 Å². The van der Waals surface area contributed by atoms with Crippen LogP contribution in [0, 0.1) is 31.1 Å². The molecule has 0 radical (unpaired) electrons. The van der Waals surface area contributed by atoms with Crippen molar-refractivity contribution in [2.24, 2.45) is 5.92 Å². The van der Waals surface area contributed by atoms with E-state index in [1.807, 2.05) is 18.4 Å². The normalized spacial score (nSPS) is 20.7. The molecule has 0 saturated carbocycles. The van der Waals surface area contributed by atoms with Gasteiger partial charge in [-0.25, -0.2) is 4.79 Å². The van der Waals surface area contributed by atoms with E-state index in [1.54, 1.807) is 73.7 Å². The van der Waals surface area contributed by atoms with Gasteiger partial charge < -0.3 is 14.4 Å². The maximum absolute atomic E-state index is 14.2. The lowest BCUT2D eigenvalue weighted by molar-refractivity contribution is -0.142. The van der Waals surface area contributed by atoms with Gasteiger partial charge in [0.15, 0.2) is 5.76 Å². The summed E-state index contributed by atoms with van der Waals surface area (Å²) in [4.78, 5) is 43.3. The van der Waals surface area contributed by atoms with Crippen LogP contribution in [0.25, 0.3) is 0 Å². The average molecular weight is 525 g/mol. The highest BCUT2D eigenvalue weighted by Gasteiger charge is 2.58. The number of ketones is 1. The van der Waals surface area contributed by atoms with Gasteiger partial charge in [-0.3, -0.25) is 9.59 Å². The smallest absolute Gasteiger partial charge is 0.327 e. The van der Waals surface area contributed by atoms with Gasteiger partial charge in [-0.2, -0.15) is 5.26 Å². The van der Waals surface area contributed by atoms with Gasteiger partial charge in [0.25, 0.3) is 5.91 Å². The molecule has 38 heavy (non-hydrogen) atoms. The van der Waals surface area contributed by atoms with Crippen LogP contribution < -0.4 is 0 Å². The number of hydrogen-bond acceptors (Lipinski definition) is 6. The number of Topliss-reactive ketones (excluding diaryl/α,β-unsaturated/α-hetero) is 1. The van der Waals surface area contributed by atoms with Crippen molar-refractivity contribution in [2.45, 2.75) is 31.8 Å². The molecule has 2 aromatic heterocycles. The monoisotopic (exact) mass is 524 g/mol. The van der Waals surface area contributed by atoms with E-state index in [-0.39, 0.29) is 11.5 Å². The third kappa shape index (κ3) is 4.31. The molecule has 5 rings (SSSR count). The summed E-state index contributed by atoms with van der Waals surface area (Å²) in [6, 6.07) is 20.1. The van der Waals surface area contributed by atoms with Gasteiger partial charge in [0.2, 0.25) is 5.78 Å². The number of furan rings is 1. The quantitative estimate of drug-likeness (QED) is 0.321. The molecule has 8 heteroatoms. The zero-order valence-corrected chi connectivity index (χ0v) is 21.5. The molecule has 1 saturated heterocycles. The van der Waals surface area contributed by atoms with Crippen molar-refractivity contribution in [1.82, 2.24) is 4.90 Å². The maximum atomic E-state index is 14.2. The Morgan fingerprint density at radius 1 is 0.974 bits per heavy atom. The van der Waals surface area contributed by atoms with E-state index in [0.29, 0.717) is 22.5 Å². The van der Waals surface area contributed by atoms with Crippen molar-refractivity contribution in [3.63, 3.8) is 0 Å². The topological polar surface area (TPSA) is 112 Å². The third-order valence-electron chi connectivity index (χ3n) is 7.05. The fourth-order valence-corrected chi connectivity index (χ4v) is 6.47. The lowest BCUT2D eigenvalue weighted by Crippen LogP contribution is -2.43. The van der Waals surface area contributed by atoms with E-state index in [9.17, 15) is 24.8 Å². The number of likely N-dealkylation sites (tertiary alicyclic amines) is 1. The van der Waals surface area contributed by atoms with Crippen LogP contribution in [0.1, 0.15) is 60.2 Å². The first kappa shape index (κ1) is 25.2. The van der Waals surface area contributed by atoms with E-state index in [2.05, 4.69) is 6.07 Å². The molecule has 2 aromatic carbocycles. The van der Waals surface area contributed by atoms with Gasteiger partial charge in [0, 0.05) is 16.4 Å². The van der Waals surface area contributed by atoms with Crippen molar-refractivity contribution in [2.75, 3.05) is 0 Å². The molecule has 4 atom stereocenters. The first-order chi connectivity index (χ1) is 18.3. The molecule has 190 valence electrons. The lowest BCUT2D eigenvalue weighted by atomic mass is 9.79. The van der Waals surface area contributed by atoms with E-state index in [4.69, 9.17) is 4.42 Å². The minimum Gasteiger partial charge on any atom is -0.480 e. The minimum atomic E-state index is -1.31. The molecule has 0 spiro atoms. The van der Waals surface area contributed by atoms with Crippen LogP contribution in [-0.4, -0.2) is 33.7 Å². The van der Waals surface area contributed by atoms with Gasteiger partial charge >= 0.3 is 5.97 Å². The molecule has 1 fully saturated rings. The molecular formula is C30H24N2O5S. The summed E-state index contributed by atoms with van der Waals surface area (Å²) >= 11 is 1.38. The number of nitrogens with zero attached hydrogens (tertiary/aromatic N) is 2. The van der Waals surface area contributed by atoms with Crippen LogP contribution in [-0.2, 0) is 4.79 Å². The summed E-state index contributed by atoms with van der Waals surface area (Å²) in [6.45, 7) is 3.61. The molecule has 0 bridgehead atoms. The Balaban J connectivity index is 1.78. The summed E-state index contributed by atoms with van der Waals surface area (Å²) in [5, 5.41) is 21.8. The molecule has 1 N–H and O–H groups in total. The van der Waals surface area contributed by atoms with Gasteiger partial charge in [-0.05, 0) is 72.8 Å². The highest BCUT2D eigenvalue weighted by atomic mass is 32.1. The largest absolute Gasteiger partial charge is 0.480 e. The standard InChI is InChI=1S/C30H24N2O5S/c1-17-14-15-38-28(17)24-23(27(33)22-13-8-18(2)37-22)25(20-11-9-19(16-31)10-12-20)32(26(24)30(35)36)29(34)21-6-4-3-5-7-21/h3-15,23-26H,1-2H3,(H,35,36). The van der Waals surface area contributed by atoms with E-state index in [1.165, 1.54) is 16.2 Å². The summed E-state index contributed by atoms with van der Waals surface area (Å²) in [6.07, 6.45) is 0. The fraction of sp³-hybridized carbons (Fsp3) is 0.200. The number of thiophene rings is 1. The Kier molecular flexibility index (Phi) is 6.70. The number of rotatable bonds is 6. The number of carboxylic acid groups (broad SMARTS) is 1. The summed E-state index contributed by atoms with van der Waals surface area (Å²) in [7, 11) is 0. The Labute approximate surface area is 223 Å². The third-order valence-corrected chi connectivity index (χ3v) is 8.17. The number of hydrogen-bond donors (Lipinski definition) is 1. The number of nitriles is 1. The zero-order valence-electron chi connectivity index (χ0n) is 20.7. The Hall–Kier alpha value is -4.48. The molecule has 1 aliphatic rings. The van der Waals surface area contributed by atoms with Crippen LogP contribution in [0.5, 0.6) is 0 Å². The number of carbonyl (C=O) groups is 3. The maximum Gasteiger partial charge on any atom is 0.327 e. The second-order valence-corrected chi connectivity index (χ2v) is 10.3. The number of aliphatic carboxylic acids is 1. The zero-order chi connectivity index (χ0) is 27.0. The molecule has 3 heterocycles. The summed E-state index contributed by atoms with van der Waals surface area (Å²) in [5.41, 5.74) is 2.16. The fourth-order valence-electron chi connectivity index (χ4n) is 5.36. The highest BCUT2D eigenvalue weighted by molar-refractivity contribution is 7.10. The van der Waals surface area contributed by atoms with Crippen LogP contribution in [0.4, 0.5) is 0 Å². The Bertz CT molecular complexity index is 1550. The van der Waals surface area contributed by atoms with E-state index >= 15 is 0 Å². The molecule has 0 aliphatic carbocycles. The second kappa shape index (κ2) is 10.1. The number of carboxylic acids is 1. The lowest BCUT2D eigenvalue weighted by Gasteiger charge is -2.30. The van der Waals surface area contributed by atoms with E-state index < -0.39 is 35.8 Å². The molecule has 1 amide bonds. The van der Waals surface area contributed by atoms with Crippen LogP contribution in [0.15, 0.2) is 82.6 Å². The summed E-state index contributed by atoms with van der Waals surface area (Å²) in [5.74, 6) is -3.16. The van der Waals surface area contributed by atoms with Crippen molar-refractivity contribution < 1.29 is 23.9 Å². The van der Waals surface area contributed by atoms with Crippen molar-refractivity contribution >= 4 is 29.0 Å². The number of benzene rings is 2. The van der Waals surface area contributed by atoms with Crippen LogP contribution in [0.3, 0.4) is 0 Å². The Morgan fingerprint density at radius 2 is 1.68 bits per heavy atom. The van der Waals surface area contributed by atoms with Crippen molar-refractivity contribution in [3.05, 3.63) is 117 Å². The predicted octanol–water partition coefficient (Wildman–Crippen LogP) is 5.76. The molecule has 4 unspecified atom stereocenters. The molecule has 7 nitrogen and oxygen atoms in total. The predicted molar refractivity (Wildman–Crippen MR) is 141 cm³/mol. The van der Waals surface area contributed by atoms with Crippen molar-refractivity contribution in [1.29, 1.82) is 5.26 Å². The number of carbonyl (C=O) groups excluding carboxylic acids is 2. The van der Waals surface area contributed by atoms with Gasteiger partial charge in [0.05, 0.1) is 23.6 Å². The SMILES string of the molecule is Cc1ccc(C(=O)C2C(c3sccc3C)C(C(=O)O)N(C(=O)c3ccccc3)C2c2ccc(C#N)cc2)o1. The molecule has 1 aliphatic heterocycles. The number of amides is 1. The Morgan fingerprint density at radius 3 is 2.24 bits per heavy atom. The minimum absolute atomic E-state index is 0.114. The number of aryl methyl sites for hydroxylation is 2. The second-order valence-electron chi connectivity index (χ2n) is 9.33.